The van der Waals surface area contributed by atoms with Crippen molar-refractivity contribution in [1.29, 1.82) is 0 Å². The molecule has 0 aliphatic heterocycles. The Morgan fingerprint density at radius 3 is 2.52 bits per heavy atom. The number of hydrazine groups is 1. The van der Waals surface area contributed by atoms with Gasteiger partial charge in [0.15, 0.2) is 5.82 Å². The molecule has 0 amide bonds. The van der Waals surface area contributed by atoms with Gasteiger partial charge in [-0.05, 0) is 32.9 Å². The SMILES string of the molecule is Cc1cc(-c2nc(C)c(C)c(NN)n2)c2ccccc2n1. The van der Waals surface area contributed by atoms with E-state index in [4.69, 9.17) is 5.84 Å². The van der Waals surface area contributed by atoms with Gasteiger partial charge in [0.1, 0.15) is 5.82 Å². The molecule has 0 bridgehead atoms. The number of anilines is 1. The zero-order valence-electron chi connectivity index (χ0n) is 12.3. The van der Waals surface area contributed by atoms with E-state index in [0.717, 1.165) is 33.4 Å². The number of nitrogens with one attached hydrogen (secondary N) is 1. The van der Waals surface area contributed by atoms with Gasteiger partial charge in [-0.2, -0.15) is 0 Å². The molecule has 5 heteroatoms. The second-order valence-electron chi connectivity index (χ2n) is 5.08. The Hall–Kier alpha value is -2.53. The van der Waals surface area contributed by atoms with Crippen LogP contribution in [0.4, 0.5) is 5.82 Å². The van der Waals surface area contributed by atoms with Crippen LogP contribution in [0.5, 0.6) is 0 Å². The normalized spacial score (nSPS) is 10.9. The number of nitrogen functional groups attached to an aromatic ring is 1. The minimum absolute atomic E-state index is 0.649. The Morgan fingerprint density at radius 1 is 1.00 bits per heavy atom. The summed E-state index contributed by atoms with van der Waals surface area (Å²) in [6.45, 7) is 5.88. The van der Waals surface area contributed by atoms with E-state index in [0.29, 0.717) is 11.6 Å². The molecule has 0 radical (unpaired) electrons. The summed E-state index contributed by atoms with van der Waals surface area (Å²) in [5.74, 6) is 6.87. The highest BCUT2D eigenvalue weighted by Gasteiger charge is 2.12. The van der Waals surface area contributed by atoms with E-state index in [2.05, 4.69) is 20.4 Å². The molecule has 0 saturated heterocycles. The van der Waals surface area contributed by atoms with Crippen LogP contribution in [0.1, 0.15) is 17.0 Å². The quantitative estimate of drug-likeness (QED) is 0.557. The van der Waals surface area contributed by atoms with Gasteiger partial charge in [-0.1, -0.05) is 18.2 Å². The Bertz CT molecular complexity index is 826. The van der Waals surface area contributed by atoms with Gasteiger partial charge in [0, 0.05) is 27.9 Å². The molecular formula is C16H17N5. The van der Waals surface area contributed by atoms with E-state index < -0.39 is 0 Å². The van der Waals surface area contributed by atoms with E-state index in [1.807, 2.05) is 51.1 Å². The number of nitrogens with zero attached hydrogens (tertiary/aromatic N) is 3. The number of aryl methyl sites for hydroxylation is 2. The molecule has 1 aromatic carbocycles. The van der Waals surface area contributed by atoms with Gasteiger partial charge in [0.2, 0.25) is 0 Å². The molecule has 3 rings (SSSR count). The molecule has 3 N–H and O–H groups in total. The number of hydrogen-bond acceptors (Lipinski definition) is 5. The lowest BCUT2D eigenvalue weighted by molar-refractivity contribution is 1.06. The summed E-state index contributed by atoms with van der Waals surface area (Å²) in [4.78, 5) is 13.7. The van der Waals surface area contributed by atoms with Gasteiger partial charge in [-0.15, -0.1) is 0 Å². The lowest BCUT2D eigenvalue weighted by Gasteiger charge is -2.11. The van der Waals surface area contributed by atoms with Crippen molar-refractivity contribution < 1.29 is 0 Å². The van der Waals surface area contributed by atoms with Gasteiger partial charge in [0.25, 0.3) is 0 Å². The summed E-state index contributed by atoms with van der Waals surface area (Å²) in [6.07, 6.45) is 0. The zero-order valence-corrected chi connectivity index (χ0v) is 12.3. The second-order valence-corrected chi connectivity index (χ2v) is 5.08. The van der Waals surface area contributed by atoms with Crippen molar-refractivity contribution in [2.75, 3.05) is 5.43 Å². The topological polar surface area (TPSA) is 76.7 Å². The zero-order chi connectivity index (χ0) is 15.0. The lowest BCUT2D eigenvalue weighted by atomic mass is 10.1. The third-order valence-electron chi connectivity index (χ3n) is 3.61. The van der Waals surface area contributed by atoms with Crippen LogP contribution >= 0.6 is 0 Å². The number of benzene rings is 1. The Kier molecular flexibility index (Phi) is 3.27. The van der Waals surface area contributed by atoms with E-state index in [9.17, 15) is 0 Å². The monoisotopic (exact) mass is 279 g/mol. The van der Waals surface area contributed by atoms with Gasteiger partial charge in [0.05, 0.1) is 5.52 Å². The van der Waals surface area contributed by atoms with Crippen LogP contribution in [0.25, 0.3) is 22.3 Å². The number of para-hydroxylation sites is 1. The predicted octanol–water partition coefficient (Wildman–Crippen LogP) is 2.90. The first-order chi connectivity index (χ1) is 10.1. The van der Waals surface area contributed by atoms with Gasteiger partial charge < -0.3 is 5.43 Å². The highest BCUT2D eigenvalue weighted by Crippen LogP contribution is 2.28. The largest absolute Gasteiger partial charge is 0.308 e. The molecule has 0 fully saturated rings. The van der Waals surface area contributed by atoms with Crippen LogP contribution in [-0.4, -0.2) is 15.0 Å². The highest BCUT2D eigenvalue weighted by atomic mass is 15.3. The smallest absolute Gasteiger partial charge is 0.162 e. The third-order valence-corrected chi connectivity index (χ3v) is 3.61. The molecule has 0 unspecified atom stereocenters. The van der Waals surface area contributed by atoms with Crippen molar-refractivity contribution in [3.8, 4) is 11.4 Å². The van der Waals surface area contributed by atoms with Crippen LogP contribution in [0.3, 0.4) is 0 Å². The van der Waals surface area contributed by atoms with Gasteiger partial charge in [-0.3, -0.25) is 4.98 Å². The van der Waals surface area contributed by atoms with Crippen LogP contribution in [0.2, 0.25) is 0 Å². The molecule has 2 aromatic heterocycles. The van der Waals surface area contributed by atoms with Gasteiger partial charge >= 0.3 is 0 Å². The van der Waals surface area contributed by atoms with Crippen LogP contribution in [-0.2, 0) is 0 Å². The van der Waals surface area contributed by atoms with Crippen LogP contribution < -0.4 is 11.3 Å². The summed E-state index contributed by atoms with van der Waals surface area (Å²) in [6, 6.07) is 10.0. The molecule has 106 valence electrons. The van der Waals surface area contributed by atoms with Crippen LogP contribution in [0.15, 0.2) is 30.3 Å². The molecule has 2 heterocycles. The first-order valence-corrected chi connectivity index (χ1v) is 6.79. The van der Waals surface area contributed by atoms with E-state index in [1.54, 1.807) is 0 Å². The maximum Gasteiger partial charge on any atom is 0.162 e. The standard InChI is InChI=1S/C16H17N5/c1-9-8-13(12-6-4-5-7-14(12)18-9)16-19-11(3)10(2)15(20-16)21-17/h4-8H,17H2,1-3H3,(H,19,20,21). The van der Waals surface area contributed by atoms with Crippen molar-refractivity contribution in [2.24, 2.45) is 5.84 Å². The molecule has 5 nitrogen and oxygen atoms in total. The molecule has 3 aromatic rings. The Balaban J connectivity index is 2.32. The van der Waals surface area contributed by atoms with Crippen molar-refractivity contribution in [3.05, 3.63) is 47.3 Å². The minimum atomic E-state index is 0.649. The molecule has 0 aliphatic rings. The molecule has 0 spiro atoms. The predicted molar refractivity (Wildman–Crippen MR) is 84.8 cm³/mol. The molecular weight excluding hydrogens is 262 g/mol. The maximum absolute atomic E-state index is 5.56. The van der Waals surface area contributed by atoms with Crippen molar-refractivity contribution in [3.63, 3.8) is 0 Å². The number of pyridine rings is 1. The molecule has 0 aliphatic carbocycles. The van der Waals surface area contributed by atoms with Gasteiger partial charge in [-0.25, -0.2) is 15.8 Å². The summed E-state index contributed by atoms with van der Waals surface area (Å²) in [7, 11) is 0. The summed E-state index contributed by atoms with van der Waals surface area (Å²) in [5.41, 5.74) is 7.36. The average molecular weight is 279 g/mol. The number of fused-ring (bicyclic) bond motifs is 1. The Morgan fingerprint density at radius 2 is 1.76 bits per heavy atom. The van der Waals surface area contributed by atoms with E-state index in [1.165, 1.54) is 0 Å². The van der Waals surface area contributed by atoms with Crippen molar-refractivity contribution in [1.82, 2.24) is 15.0 Å². The summed E-state index contributed by atoms with van der Waals surface area (Å²) in [5, 5.41) is 1.04. The maximum atomic E-state index is 5.56. The highest BCUT2D eigenvalue weighted by molar-refractivity contribution is 5.93. The summed E-state index contributed by atoms with van der Waals surface area (Å²) < 4.78 is 0. The summed E-state index contributed by atoms with van der Waals surface area (Å²) >= 11 is 0. The van der Waals surface area contributed by atoms with Crippen molar-refractivity contribution >= 4 is 16.7 Å². The second kappa shape index (κ2) is 5.10. The number of nitrogens with two attached hydrogens (primary N) is 1. The fourth-order valence-corrected chi connectivity index (χ4v) is 2.38. The van der Waals surface area contributed by atoms with Crippen molar-refractivity contribution in [2.45, 2.75) is 20.8 Å². The van der Waals surface area contributed by atoms with E-state index >= 15 is 0 Å². The molecule has 21 heavy (non-hydrogen) atoms. The fourth-order valence-electron chi connectivity index (χ4n) is 2.38. The molecule has 0 atom stereocenters. The first kappa shape index (κ1) is 13.5. The number of aromatic nitrogens is 3. The third kappa shape index (κ3) is 2.32. The Labute approximate surface area is 123 Å². The lowest BCUT2D eigenvalue weighted by Crippen LogP contribution is -2.12. The average Bonchev–Trinajstić information content (AvgIpc) is 2.49. The van der Waals surface area contributed by atoms with Crippen LogP contribution in [0, 0.1) is 20.8 Å². The minimum Gasteiger partial charge on any atom is -0.308 e. The number of hydrogen-bond donors (Lipinski definition) is 2. The number of rotatable bonds is 2. The fraction of sp³-hybridized carbons (Fsp3) is 0.188. The van der Waals surface area contributed by atoms with E-state index in [-0.39, 0.29) is 0 Å². The molecule has 0 saturated carbocycles. The first-order valence-electron chi connectivity index (χ1n) is 6.79.